The zero-order chi connectivity index (χ0) is 7.61. The molecule has 3 nitrogen and oxygen atoms in total. The summed E-state index contributed by atoms with van der Waals surface area (Å²) in [5.74, 6) is 1.47. The highest BCUT2D eigenvalue weighted by atomic mass is 32.2. The molecule has 1 rings (SSSR count). The molecule has 0 spiro atoms. The lowest BCUT2D eigenvalue weighted by Crippen LogP contribution is -2.49. The summed E-state index contributed by atoms with van der Waals surface area (Å²) < 4.78 is 4.62. The number of thioether (sulfide) groups is 1. The topological polar surface area (TPSA) is 52.3 Å². The molecule has 0 aromatic heterocycles. The van der Waals surface area contributed by atoms with E-state index in [9.17, 15) is 4.79 Å². The summed E-state index contributed by atoms with van der Waals surface area (Å²) in [6.45, 7) is 0.409. The van der Waals surface area contributed by atoms with Crippen LogP contribution in [0.4, 0.5) is 0 Å². The third-order valence-electron chi connectivity index (χ3n) is 1.77. The molecule has 0 unspecified atom stereocenters. The second kappa shape index (κ2) is 2.80. The van der Waals surface area contributed by atoms with E-state index in [-0.39, 0.29) is 11.4 Å². The van der Waals surface area contributed by atoms with E-state index in [4.69, 9.17) is 5.73 Å². The molecule has 0 atom stereocenters. The van der Waals surface area contributed by atoms with E-state index < -0.39 is 0 Å². The third-order valence-corrected chi connectivity index (χ3v) is 3.28. The van der Waals surface area contributed by atoms with Crippen LogP contribution in [0.3, 0.4) is 0 Å². The maximum absolute atomic E-state index is 11.0. The second-order valence-electron chi connectivity index (χ2n) is 2.47. The summed E-state index contributed by atoms with van der Waals surface area (Å²) >= 11 is 1.73. The van der Waals surface area contributed by atoms with Gasteiger partial charge < -0.3 is 10.5 Å². The quantitative estimate of drug-likeness (QED) is 0.572. The van der Waals surface area contributed by atoms with Crippen LogP contribution in [0.15, 0.2) is 0 Å². The molecule has 1 aliphatic rings. The van der Waals surface area contributed by atoms with Crippen molar-refractivity contribution in [1.82, 2.24) is 0 Å². The highest BCUT2D eigenvalue weighted by Gasteiger charge is 2.44. The molecule has 1 aliphatic heterocycles. The van der Waals surface area contributed by atoms with Gasteiger partial charge in [0.05, 0.1) is 12.5 Å². The summed E-state index contributed by atoms with van der Waals surface area (Å²) in [7, 11) is 1.41. The smallest absolute Gasteiger partial charge is 0.314 e. The van der Waals surface area contributed by atoms with Gasteiger partial charge in [-0.3, -0.25) is 4.79 Å². The molecule has 0 bridgehead atoms. The highest BCUT2D eigenvalue weighted by Crippen LogP contribution is 2.37. The predicted octanol–water partition coefficient (Wildman–Crippen LogP) is -0.149. The van der Waals surface area contributed by atoms with Crippen molar-refractivity contribution in [3.05, 3.63) is 0 Å². The fraction of sp³-hybridized carbons (Fsp3) is 0.833. The number of methoxy groups -OCH3 is 1. The first-order valence-electron chi connectivity index (χ1n) is 3.11. The number of ether oxygens (including phenoxy) is 1. The third kappa shape index (κ3) is 1.01. The van der Waals surface area contributed by atoms with Crippen LogP contribution in [0.5, 0.6) is 0 Å². The maximum Gasteiger partial charge on any atom is 0.314 e. The Balaban J connectivity index is 2.55. The molecule has 1 fully saturated rings. The molecule has 0 saturated carbocycles. The zero-order valence-corrected chi connectivity index (χ0v) is 6.74. The van der Waals surface area contributed by atoms with Crippen LogP contribution in [0.25, 0.3) is 0 Å². The normalized spacial score (nSPS) is 21.4. The van der Waals surface area contributed by atoms with Crippen molar-refractivity contribution in [2.75, 3.05) is 25.2 Å². The average molecular weight is 161 g/mol. The van der Waals surface area contributed by atoms with E-state index in [1.165, 1.54) is 7.11 Å². The first-order valence-corrected chi connectivity index (χ1v) is 4.27. The Morgan fingerprint density at radius 1 is 1.80 bits per heavy atom. The van der Waals surface area contributed by atoms with Crippen LogP contribution in [-0.4, -0.2) is 31.1 Å². The lowest BCUT2D eigenvalue weighted by Gasteiger charge is -2.36. The molecule has 0 radical (unpaired) electrons. The van der Waals surface area contributed by atoms with Crippen LogP contribution in [0.1, 0.15) is 0 Å². The molecule has 0 aromatic rings. The van der Waals surface area contributed by atoms with Crippen molar-refractivity contribution in [3.8, 4) is 0 Å². The van der Waals surface area contributed by atoms with Crippen LogP contribution >= 0.6 is 11.8 Å². The van der Waals surface area contributed by atoms with Crippen LogP contribution in [0.2, 0.25) is 0 Å². The zero-order valence-electron chi connectivity index (χ0n) is 5.92. The van der Waals surface area contributed by atoms with Crippen molar-refractivity contribution in [3.63, 3.8) is 0 Å². The standard InChI is InChI=1S/C6H11NO2S/c1-9-5(8)6(2-7)3-10-4-6/h2-4,7H2,1H3. The van der Waals surface area contributed by atoms with Crippen molar-refractivity contribution >= 4 is 17.7 Å². The van der Waals surface area contributed by atoms with Gasteiger partial charge in [0.2, 0.25) is 0 Å². The molecule has 0 aliphatic carbocycles. The van der Waals surface area contributed by atoms with Gasteiger partial charge in [0, 0.05) is 18.1 Å². The molecular formula is C6H11NO2S. The Kier molecular flexibility index (Phi) is 2.21. The summed E-state index contributed by atoms with van der Waals surface area (Å²) in [6, 6.07) is 0. The van der Waals surface area contributed by atoms with E-state index in [2.05, 4.69) is 4.74 Å². The van der Waals surface area contributed by atoms with Gasteiger partial charge in [-0.1, -0.05) is 0 Å². The van der Waals surface area contributed by atoms with Crippen molar-refractivity contribution in [1.29, 1.82) is 0 Å². The van der Waals surface area contributed by atoms with Crippen LogP contribution in [-0.2, 0) is 9.53 Å². The highest BCUT2D eigenvalue weighted by molar-refractivity contribution is 8.00. The van der Waals surface area contributed by atoms with Gasteiger partial charge in [0.15, 0.2) is 0 Å². The van der Waals surface area contributed by atoms with Gasteiger partial charge in [-0.05, 0) is 0 Å². The van der Waals surface area contributed by atoms with Gasteiger partial charge in [0.1, 0.15) is 0 Å². The predicted molar refractivity (Wildman–Crippen MR) is 40.8 cm³/mol. The molecule has 10 heavy (non-hydrogen) atoms. The molecular weight excluding hydrogens is 150 g/mol. The minimum Gasteiger partial charge on any atom is -0.469 e. The minimum atomic E-state index is -0.348. The summed E-state index contributed by atoms with van der Waals surface area (Å²) in [5, 5.41) is 0. The fourth-order valence-corrected chi connectivity index (χ4v) is 2.05. The Hall–Kier alpha value is -0.220. The SMILES string of the molecule is COC(=O)C1(CN)CSC1. The van der Waals surface area contributed by atoms with Crippen LogP contribution in [0, 0.1) is 5.41 Å². The monoisotopic (exact) mass is 161 g/mol. The molecule has 2 N–H and O–H groups in total. The van der Waals surface area contributed by atoms with Crippen molar-refractivity contribution in [2.24, 2.45) is 11.1 Å². The lowest BCUT2D eigenvalue weighted by molar-refractivity contribution is -0.150. The largest absolute Gasteiger partial charge is 0.469 e. The van der Waals surface area contributed by atoms with Gasteiger partial charge >= 0.3 is 5.97 Å². The van der Waals surface area contributed by atoms with Gasteiger partial charge in [0.25, 0.3) is 0 Å². The van der Waals surface area contributed by atoms with E-state index in [1.54, 1.807) is 11.8 Å². The fourth-order valence-electron chi connectivity index (χ4n) is 0.884. The summed E-state index contributed by atoms with van der Waals surface area (Å²) in [4.78, 5) is 11.0. The Morgan fingerprint density at radius 3 is 2.50 bits per heavy atom. The summed E-state index contributed by atoms with van der Waals surface area (Å²) in [5.41, 5.74) is 5.08. The van der Waals surface area contributed by atoms with Gasteiger partial charge in [-0.25, -0.2) is 0 Å². The number of carbonyl (C=O) groups excluding carboxylic acids is 1. The first kappa shape index (κ1) is 7.88. The number of rotatable bonds is 2. The Morgan fingerprint density at radius 2 is 2.40 bits per heavy atom. The molecule has 4 heteroatoms. The van der Waals surface area contributed by atoms with Gasteiger partial charge in [-0.15, -0.1) is 0 Å². The minimum absolute atomic E-state index is 0.159. The molecule has 58 valence electrons. The van der Waals surface area contributed by atoms with Crippen molar-refractivity contribution in [2.45, 2.75) is 0 Å². The van der Waals surface area contributed by atoms with E-state index in [0.29, 0.717) is 6.54 Å². The van der Waals surface area contributed by atoms with Gasteiger partial charge in [-0.2, -0.15) is 11.8 Å². The molecule has 0 amide bonds. The van der Waals surface area contributed by atoms with E-state index in [0.717, 1.165) is 11.5 Å². The molecule has 1 saturated heterocycles. The number of hydrogen-bond donors (Lipinski definition) is 1. The van der Waals surface area contributed by atoms with E-state index in [1.807, 2.05) is 0 Å². The molecule has 0 aromatic carbocycles. The number of nitrogens with two attached hydrogens (primary N) is 1. The maximum atomic E-state index is 11.0. The Labute approximate surface area is 64.3 Å². The number of esters is 1. The number of hydrogen-bond acceptors (Lipinski definition) is 4. The summed E-state index contributed by atoms with van der Waals surface area (Å²) in [6.07, 6.45) is 0. The second-order valence-corrected chi connectivity index (χ2v) is 3.45. The molecule has 1 heterocycles. The Bertz CT molecular complexity index is 139. The average Bonchev–Trinajstić information content (AvgIpc) is 1.86. The first-order chi connectivity index (χ1) is 4.75. The van der Waals surface area contributed by atoms with Crippen LogP contribution < -0.4 is 5.73 Å². The van der Waals surface area contributed by atoms with E-state index >= 15 is 0 Å². The number of carbonyl (C=O) groups is 1. The lowest BCUT2D eigenvalue weighted by atomic mass is 9.92. The van der Waals surface area contributed by atoms with Crippen molar-refractivity contribution < 1.29 is 9.53 Å².